The molecule has 0 aromatic carbocycles. The SMILES string of the molecule is CN(C)CCOC(=O)C(CCC(=O)O)CCN(C)C.Cl.Cl. The molecule has 0 radical (unpaired) electrons. The van der Waals surface area contributed by atoms with Gasteiger partial charge in [-0.3, -0.25) is 9.59 Å². The molecule has 0 aliphatic heterocycles. The first-order chi connectivity index (χ1) is 8.82. The number of carbonyl (C=O) groups excluding carboxylic acids is 1. The molecule has 0 aliphatic carbocycles. The third kappa shape index (κ3) is 15.6. The van der Waals surface area contributed by atoms with E-state index in [0.717, 1.165) is 6.54 Å². The zero-order chi connectivity index (χ0) is 14.8. The van der Waals surface area contributed by atoms with Gasteiger partial charge in [-0.05, 0) is 47.6 Å². The second-order valence-corrected chi connectivity index (χ2v) is 5.19. The van der Waals surface area contributed by atoms with Crippen molar-refractivity contribution < 1.29 is 19.4 Å². The average Bonchev–Trinajstić information content (AvgIpc) is 2.27. The van der Waals surface area contributed by atoms with Crippen LogP contribution in [-0.2, 0) is 14.3 Å². The summed E-state index contributed by atoms with van der Waals surface area (Å²) in [6.45, 7) is 1.76. The van der Waals surface area contributed by atoms with Crippen molar-refractivity contribution in [2.45, 2.75) is 19.3 Å². The second-order valence-electron chi connectivity index (χ2n) is 5.19. The Labute approximate surface area is 139 Å². The normalized spacial score (nSPS) is 11.5. The summed E-state index contributed by atoms with van der Waals surface area (Å²) in [6.07, 6.45) is 0.964. The van der Waals surface area contributed by atoms with Gasteiger partial charge < -0.3 is 19.6 Å². The Kier molecular flexibility index (Phi) is 17.4. The highest BCUT2D eigenvalue weighted by atomic mass is 35.5. The summed E-state index contributed by atoms with van der Waals surface area (Å²) >= 11 is 0. The lowest BCUT2D eigenvalue weighted by atomic mass is 9.99. The van der Waals surface area contributed by atoms with Crippen LogP contribution in [0.2, 0.25) is 0 Å². The maximum atomic E-state index is 11.9. The van der Waals surface area contributed by atoms with Crippen molar-refractivity contribution in [3.63, 3.8) is 0 Å². The van der Waals surface area contributed by atoms with Gasteiger partial charge in [0.15, 0.2) is 0 Å². The molecule has 0 saturated carbocycles. The van der Waals surface area contributed by atoms with Crippen molar-refractivity contribution in [1.82, 2.24) is 9.80 Å². The number of likely N-dealkylation sites (N-methyl/N-ethyl adjacent to an activating group) is 1. The number of carboxylic acids is 1. The molecule has 0 saturated heterocycles. The minimum atomic E-state index is -0.879. The summed E-state index contributed by atoms with van der Waals surface area (Å²) in [4.78, 5) is 26.4. The summed E-state index contributed by atoms with van der Waals surface area (Å²) in [5.74, 6) is -1.50. The van der Waals surface area contributed by atoms with Crippen LogP contribution in [0.5, 0.6) is 0 Å². The monoisotopic (exact) mass is 346 g/mol. The molecule has 128 valence electrons. The van der Waals surface area contributed by atoms with Gasteiger partial charge in [-0.1, -0.05) is 0 Å². The van der Waals surface area contributed by atoms with Gasteiger partial charge in [-0.25, -0.2) is 0 Å². The Morgan fingerprint density at radius 3 is 1.95 bits per heavy atom. The summed E-state index contributed by atoms with van der Waals surface area (Å²) in [6, 6.07) is 0. The highest BCUT2D eigenvalue weighted by Crippen LogP contribution is 2.14. The average molecular weight is 347 g/mol. The molecule has 0 heterocycles. The van der Waals surface area contributed by atoms with E-state index < -0.39 is 5.97 Å². The summed E-state index contributed by atoms with van der Waals surface area (Å²) < 4.78 is 5.19. The number of ether oxygens (including phenoxy) is 1. The van der Waals surface area contributed by atoms with Crippen molar-refractivity contribution in [3.05, 3.63) is 0 Å². The molecule has 0 aromatic rings. The van der Waals surface area contributed by atoms with Crippen LogP contribution in [0.3, 0.4) is 0 Å². The lowest BCUT2D eigenvalue weighted by molar-refractivity contribution is -0.149. The summed E-state index contributed by atoms with van der Waals surface area (Å²) in [7, 11) is 7.65. The molecule has 0 bridgehead atoms. The smallest absolute Gasteiger partial charge is 0.309 e. The lowest BCUT2D eigenvalue weighted by Crippen LogP contribution is -2.27. The predicted molar refractivity (Wildman–Crippen MR) is 87.5 cm³/mol. The van der Waals surface area contributed by atoms with E-state index in [2.05, 4.69) is 0 Å². The maximum absolute atomic E-state index is 11.9. The molecule has 1 atom stereocenters. The minimum absolute atomic E-state index is 0. The first kappa shape index (κ1) is 25.4. The molecular formula is C13H28Cl2N2O4. The molecule has 0 amide bonds. The second kappa shape index (κ2) is 14.4. The van der Waals surface area contributed by atoms with E-state index in [0.29, 0.717) is 26.0 Å². The maximum Gasteiger partial charge on any atom is 0.309 e. The van der Waals surface area contributed by atoms with Crippen molar-refractivity contribution in [2.24, 2.45) is 5.92 Å². The fraction of sp³-hybridized carbons (Fsp3) is 0.846. The van der Waals surface area contributed by atoms with Gasteiger partial charge in [-0.15, -0.1) is 24.8 Å². The van der Waals surface area contributed by atoms with Crippen LogP contribution in [-0.4, -0.2) is 74.7 Å². The fourth-order valence-corrected chi connectivity index (χ4v) is 1.54. The summed E-state index contributed by atoms with van der Waals surface area (Å²) in [5, 5.41) is 8.70. The van der Waals surface area contributed by atoms with Crippen molar-refractivity contribution >= 4 is 36.8 Å². The van der Waals surface area contributed by atoms with Crippen LogP contribution >= 0.6 is 24.8 Å². The quantitative estimate of drug-likeness (QED) is 0.602. The topological polar surface area (TPSA) is 70.1 Å². The highest BCUT2D eigenvalue weighted by Gasteiger charge is 2.21. The number of esters is 1. The van der Waals surface area contributed by atoms with Crippen LogP contribution in [0.15, 0.2) is 0 Å². The zero-order valence-electron chi connectivity index (χ0n) is 13.2. The molecule has 0 spiro atoms. The molecule has 0 aliphatic rings. The van der Waals surface area contributed by atoms with Gasteiger partial charge in [0.2, 0.25) is 0 Å². The Bertz CT molecular complexity index is 289. The summed E-state index contributed by atoms with van der Waals surface area (Å²) in [5.41, 5.74) is 0. The molecular weight excluding hydrogens is 319 g/mol. The van der Waals surface area contributed by atoms with Crippen LogP contribution in [0.25, 0.3) is 0 Å². The largest absolute Gasteiger partial charge is 0.481 e. The number of carbonyl (C=O) groups is 2. The van der Waals surface area contributed by atoms with Gasteiger partial charge in [0.05, 0.1) is 5.92 Å². The van der Waals surface area contributed by atoms with Crippen LogP contribution in [0, 0.1) is 5.92 Å². The van der Waals surface area contributed by atoms with Crippen molar-refractivity contribution in [1.29, 1.82) is 0 Å². The lowest BCUT2D eigenvalue weighted by Gasteiger charge is -2.18. The number of nitrogens with zero attached hydrogens (tertiary/aromatic N) is 2. The number of carboxylic acid groups (broad SMARTS) is 1. The molecule has 0 fully saturated rings. The van der Waals surface area contributed by atoms with E-state index in [1.54, 1.807) is 0 Å². The van der Waals surface area contributed by atoms with Crippen LogP contribution in [0.4, 0.5) is 0 Å². The zero-order valence-corrected chi connectivity index (χ0v) is 14.8. The number of aliphatic carboxylic acids is 1. The van der Waals surface area contributed by atoms with Gasteiger partial charge in [-0.2, -0.15) is 0 Å². The molecule has 6 nitrogen and oxygen atoms in total. The molecule has 0 aromatic heterocycles. The number of halogens is 2. The highest BCUT2D eigenvalue weighted by molar-refractivity contribution is 5.85. The molecule has 21 heavy (non-hydrogen) atoms. The Balaban J connectivity index is -0.00000162. The van der Waals surface area contributed by atoms with E-state index in [4.69, 9.17) is 9.84 Å². The Hall–Kier alpha value is -0.560. The number of hydrogen-bond donors (Lipinski definition) is 1. The van der Waals surface area contributed by atoms with Crippen LogP contribution < -0.4 is 0 Å². The Morgan fingerprint density at radius 1 is 1.00 bits per heavy atom. The standard InChI is InChI=1S/C13H26N2O4.2ClH/c1-14(2)8-7-11(5-6-12(16)17)13(18)19-10-9-15(3)4;;/h11H,5-10H2,1-4H3,(H,16,17);2*1H. The predicted octanol–water partition coefficient (Wildman–Crippen LogP) is 1.37. The fourth-order valence-electron chi connectivity index (χ4n) is 1.54. The first-order valence-electron chi connectivity index (χ1n) is 6.50. The third-order valence-corrected chi connectivity index (χ3v) is 2.75. The van der Waals surface area contributed by atoms with E-state index in [1.807, 2.05) is 38.0 Å². The van der Waals surface area contributed by atoms with E-state index in [9.17, 15) is 9.59 Å². The van der Waals surface area contributed by atoms with E-state index in [1.165, 1.54) is 0 Å². The van der Waals surface area contributed by atoms with Gasteiger partial charge in [0, 0.05) is 13.0 Å². The molecule has 0 rings (SSSR count). The third-order valence-electron chi connectivity index (χ3n) is 2.75. The van der Waals surface area contributed by atoms with Gasteiger partial charge >= 0.3 is 11.9 Å². The Morgan fingerprint density at radius 2 is 1.52 bits per heavy atom. The molecule has 8 heteroatoms. The van der Waals surface area contributed by atoms with E-state index in [-0.39, 0.29) is 43.1 Å². The first-order valence-corrected chi connectivity index (χ1v) is 6.50. The van der Waals surface area contributed by atoms with Crippen molar-refractivity contribution in [3.8, 4) is 0 Å². The molecule has 1 unspecified atom stereocenters. The number of rotatable bonds is 10. The van der Waals surface area contributed by atoms with Crippen molar-refractivity contribution in [2.75, 3.05) is 47.9 Å². The van der Waals surface area contributed by atoms with Gasteiger partial charge in [0.1, 0.15) is 6.61 Å². The van der Waals surface area contributed by atoms with Gasteiger partial charge in [0.25, 0.3) is 0 Å². The van der Waals surface area contributed by atoms with Crippen LogP contribution in [0.1, 0.15) is 19.3 Å². The molecule has 1 N–H and O–H groups in total. The number of hydrogen-bond acceptors (Lipinski definition) is 5. The minimum Gasteiger partial charge on any atom is -0.481 e. The van der Waals surface area contributed by atoms with E-state index >= 15 is 0 Å².